The van der Waals surface area contributed by atoms with E-state index in [0.29, 0.717) is 35.5 Å². The predicted molar refractivity (Wildman–Crippen MR) is 92.4 cm³/mol. The van der Waals surface area contributed by atoms with Gasteiger partial charge in [0.05, 0.1) is 26.0 Å². The molecule has 3 rings (SSSR count). The summed E-state index contributed by atoms with van der Waals surface area (Å²) in [7, 11) is 3.10. The van der Waals surface area contributed by atoms with Crippen molar-refractivity contribution in [2.75, 3.05) is 20.8 Å². The van der Waals surface area contributed by atoms with Crippen LogP contribution in [0.15, 0.2) is 45.8 Å². The van der Waals surface area contributed by atoms with E-state index < -0.39 is 0 Å². The summed E-state index contributed by atoms with van der Waals surface area (Å²) < 4.78 is 15.7. The molecule has 0 saturated carbocycles. The molecule has 130 valence electrons. The van der Waals surface area contributed by atoms with Crippen molar-refractivity contribution < 1.29 is 18.7 Å². The van der Waals surface area contributed by atoms with Gasteiger partial charge in [-0.2, -0.15) is 0 Å². The highest BCUT2D eigenvalue weighted by Gasteiger charge is 2.12. The van der Waals surface area contributed by atoms with Crippen molar-refractivity contribution in [2.45, 2.75) is 6.42 Å². The lowest BCUT2D eigenvalue weighted by Gasteiger charge is -2.11. The second-order valence-electron chi connectivity index (χ2n) is 5.37. The van der Waals surface area contributed by atoms with E-state index in [1.165, 1.54) is 13.4 Å². The van der Waals surface area contributed by atoms with E-state index in [4.69, 9.17) is 13.9 Å². The first-order chi connectivity index (χ1) is 12.1. The SMILES string of the molecule is COc1ccc(OC)c2[nH]c(=O)c(CCNC(=O)c3ccco3)cc12. The number of carbonyl (C=O) groups excluding carboxylic acids is 1. The molecule has 2 N–H and O–H groups in total. The van der Waals surface area contributed by atoms with E-state index in [0.717, 1.165) is 5.39 Å². The van der Waals surface area contributed by atoms with Gasteiger partial charge in [-0.25, -0.2) is 0 Å². The molecule has 0 unspecified atom stereocenters. The van der Waals surface area contributed by atoms with Crippen LogP contribution in [-0.4, -0.2) is 31.7 Å². The van der Waals surface area contributed by atoms with Gasteiger partial charge in [0.25, 0.3) is 11.5 Å². The van der Waals surface area contributed by atoms with Crippen LogP contribution in [0.1, 0.15) is 16.1 Å². The molecule has 0 bridgehead atoms. The molecule has 2 heterocycles. The summed E-state index contributed by atoms with van der Waals surface area (Å²) in [5.74, 6) is 1.11. The lowest BCUT2D eigenvalue weighted by molar-refractivity contribution is 0.0926. The third kappa shape index (κ3) is 3.35. The van der Waals surface area contributed by atoms with Crippen molar-refractivity contribution in [1.29, 1.82) is 0 Å². The third-order valence-electron chi connectivity index (χ3n) is 3.88. The smallest absolute Gasteiger partial charge is 0.286 e. The number of fused-ring (bicyclic) bond motifs is 1. The van der Waals surface area contributed by atoms with Gasteiger partial charge in [0.1, 0.15) is 11.5 Å². The minimum absolute atomic E-state index is 0.230. The van der Waals surface area contributed by atoms with Crippen LogP contribution in [0.4, 0.5) is 0 Å². The highest BCUT2D eigenvalue weighted by atomic mass is 16.5. The van der Waals surface area contributed by atoms with Crippen LogP contribution in [0.2, 0.25) is 0 Å². The first-order valence-electron chi connectivity index (χ1n) is 7.72. The molecule has 0 saturated heterocycles. The van der Waals surface area contributed by atoms with Crippen molar-refractivity contribution in [2.24, 2.45) is 0 Å². The zero-order valence-corrected chi connectivity index (χ0v) is 13.9. The van der Waals surface area contributed by atoms with Gasteiger partial charge in [-0.15, -0.1) is 0 Å². The maximum Gasteiger partial charge on any atom is 0.286 e. The van der Waals surface area contributed by atoms with Gasteiger partial charge in [-0.05, 0) is 36.8 Å². The molecule has 0 radical (unpaired) electrons. The largest absolute Gasteiger partial charge is 0.496 e. The molecule has 1 aromatic carbocycles. The molecular formula is C18H18N2O5. The molecule has 0 aliphatic carbocycles. The minimum Gasteiger partial charge on any atom is -0.496 e. The molecule has 0 aliphatic rings. The van der Waals surface area contributed by atoms with E-state index >= 15 is 0 Å². The van der Waals surface area contributed by atoms with Gasteiger partial charge >= 0.3 is 0 Å². The van der Waals surface area contributed by atoms with Crippen molar-refractivity contribution in [3.63, 3.8) is 0 Å². The van der Waals surface area contributed by atoms with Crippen molar-refractivity contribution >= 4 is 16.8 Å². The van der Waals surface area contributed by atoms with Crippen LogP contribution in [-0.2, 0) is 6.42 Å². The number of methoxy groups -OCH3 is 2. The third-order valence-corrected chi connectivity index (χ3v) is 3.88. The van der Waals surface area contributed by atoms with Gasteiger partial charge in [0.15, 0.2) is 5.76 Å². The number of H-pyrrole nitrogens is 1. The Bertz CT molecular complexity index is 944. The fourth-order valence-electron chi connectivity index (χ4n) is 2.63. The first kappa shape index (κ1) is 16.6. The number of hydrogen-bond donors (Lipinski definition) is 2. The Kier molecular flexibility index (Phi) is 4.74. The molecule has 0 fully saturated rings. The number of ether oxygens (including phenoxy) is 2. The molecule has 3 aromatic rings. The number of nitrogens with one attached hydrogen (secondary N) is 2. The highest BCUT2D eigenvalue weighted by Crippen LogP contribution is 2.31. The summed E-state index contributed by atoms with van der Waals surface area (Å²) in [5, 5.41) is 3.46. The van der Waals surface area contributed by atoms with E-state index in [2.05, 4.69) is 10.3 Å². The second-order valence-corrected chi connectivity index (χ2v) is 5.37. The summed E-state index contributed by atoms with van der Waals surface area (Å²) in [6.07, 6.45) is 1.81. The Morgan fingerprint density at radius 2 is 1.96 bits per heavy atom. The maximum absolute atomic E-state index is 12.3. The number of aromatic nitrogens is 1. The summed E-state index contributed by atoms with van der Waals surface area (Å²) in [5.41, 5.74) is 0.889. The summed E-state index contributed by atoms with van der Waals surface area (Å²) >= 11 is 0. The van der Waals surface area contributed by atoms with Crippen LogP contribution in [0.5, 0.6) is 11.5 Å². The van der Waals surface area contributed by atoms with E-state index in [1.807, 2.05) is 0 Å². The summed E-state index contributed by atoms with van der Waals surface area (Å²) in [6, 6.07) is 8.49. The van der Waals surface area contributed by atoms with Crippen LogP contribution in [0.25, 0.3) is 10.9 Å². The van der Waals surface area contributed by atoms with E-state index in [-0.39, 0.29) is 17.2 Å². The number of pyridine rings is 1. The zero-order valence-electron chi connectivity index (χ0n) is 13.9. The Hall–Kier alpha value is -3.22. The average molecular weight is 342 g/mol. The fraction of sp³-hybridized carbons (Fsp3) is 0.222. The van der Waals surface area contributed by atoms with Crippen molar-refractivity contribution in [3.8, 4) is 11.5 Å². The summed E-state index contributed by atoms with van der Waals surface area (Å²) in [4.78, 5) is 27.0. The van der Waals surface area contributed by atoms with E-state index in [1.54, 1.807) is 37.4 Å². The highest BCUT2D eigenvalue weighted by molar-refractivity contribution is 5.91. The van der Waals surface area contributed by atoms with Gasteiger partial charge in [-0.1, -0.05) is 0 Å². The molecular weight excluding hydrogens is 324 g/mol. The van der Waals surface area contributed by atoms with Crippen molar-refractivity contribution in [1.82, 2.24) is 10.3 Å². The standard InChI is InChI=1S/C18H18N2O5/c1-23-13-5-6-14(24-2)16-12(13)10-11(17(21)20-16)7-8-19-18(22)15-4-3-9-25-15/h3-6,9-10H,7-8H2,1-2H3,(H,19,22)(H,20,21). The number of furan rings is 1. The second kappa shape index (κ2) is 7.12. The van der Waals surface area contributed by atoms with Crippen molar-refractivity contribution in [3.05, 3.63) is 58.3 Å². The molecule has 7 heteroatoms. The molecule has 0 atom stereocenters. The van der Waals surface area contributed by atoms with Crippen LogP contribution in [0, 0.1) is 0 Å². The quantitative estimate of drug-likeness (QED) is 0.716. The Labute approximate surface area is 143 Å². The number of aromatic amines is 1. The normalized spacial score (nSPS) is 10.6. The Morgan fingerprint density at radius 3 is 2.64 bits per heavy atom. The monoisotopic (exact) mass is 342 g/mol. The van der Waals surface area contributed by atoms with Crippen LogP contribution < -0.4 is 20.3 Å². The minimum atomic E-state index is -0.318. The molecule has 0 aliphatic heterocycles. The topological polar surface area (TPSA) is 93.6 Å². The summed E-state index contributed by atoms with van der Waals surface area (Å²) in [6.45, 7) is 0.306. The maximum atomic E-state index is 12.3. The van der Waals surface area contributed by atoms with Gasteiger partial charge in [0.2, 0.25) is 0 Å². The van der Waals surface area contributed by atoms with Gasteiger partial charge in [-0.3, -0.25) is 9.59 Å². The number of amides is 1. The van der Waals surface area contributed by atoms with Gasteiger partial charge < -0.3 is 24.2 Å². The first-order valence-corrected chi connectivity index (χ1v) is 7.72. The number of hydrogen-bond acceptors (Lipinski definition) is 5. The Morgan fingerprint density at radius 1 is 1.20 bits per heavy atom. The Balaban J connectivity index is 1.83. The molecule has 25 heavy (non-hydrogen) atoms. The molecule has 2 aromatic heterocycles. The number of rotatable bonds is 6. The van der Waals surface area contributed by atoms with Crippen LogP contribution in [0.3, 0.4) is 0 Å². The zero-order chi connectivity index (χ0) is 17.8. The number of carbonyl (C=O) groups is 1. The predicted octanol–water partition coefficient (Wildman–Crippen LogP) is 2.11. The molecule has 1 amide bonds. The average Bonchev–Trinajstić information content (AvgIpc) is 3.16. The molecule has 7 nitrogen and oxygen atoms in total. The molecule has 0 spiro atoms. The lowest BCUT2D eigenvalue weighted by atomic mass is 10.1. The number of benzene rings is 1. The fourth-order valence-corrected chi connectivity index (χ4v) is 2.63. The van der Waals surface area contributed by atoms with E-state index in [9.17, 15) is 9.59 Å². The lowest BCUT2D eigenvalue weighted by Crippen LogP contribution is -2.27. The van der Waals surface area contributed by atoms with Crippen LogP contribution >= 0.6 is 0 Å². The van der Waals surface area contributed by atoms with Gasteiger partial charge in [0, 0.05) is 17.5 Å².